The zero-order valence-electron chi connectivity index (χ0n) is 17.9. The molecule has 8 nitrogen and oxygen atoms in total. The number of hydrogen-bond donors (Lipinski definition) is 2. The quantitative estimate of drug-likeness (QED) is 0.666. The van der Waals surface area contributed by atoms with E-state index in [0.717, 1.165) is 66.2 Å². The van der Waals surface area contributed by atoms with Gasteiger partial charge in [-0.2, -0.15) is 5.10 Å². The minimum Gasteiger partial charge on any atom is -0.356 e. The highest BCUT2D eigenvalue weighted by Gasteiger charge is 2.45. The van der Waals surface area contributed by atoms with Gasteiger partial charge in [-0.1, -0.05) is 6.07 Å². The van der Waals surface area contributed by atoms with E-state index in [4.69, 9.17) is 4.98 Å². The number of aryl methyl sites for hydroxylation is 2. The average molecular weight is 418 g/mol. The number of H-pyrrole nitrogens is 1. The number of imidazole rings is 1. The predicted octanol–water partition coefficient (Wildman–Crippen LogP) is 2.54. The Morgan fingerprint density at radius 3 is 2.90 bits per heavy atom. The molecule has 4 heterocycles. The number of piperidine rings is 1. The van der Waals surface area contributed by atoms with Crippen LogP contribution in [0.15, 0.2) is 24.7 Å². The van der Waals surface area contributed by atoms with Gasteiger partial charge in [0.2, 0.25) is 0 Å². The third-order valence-corrected chi connectivity index (χ3v) is 7.13. The second-order valence-corrected chi connectivity index (χ2v) is 9.28. The third kappa shape index (κ3) is 3.30. The van der Waals surface area contributed by atoms with Crippen LogP contribution in [0.4, 0.5) is 5.82 Å². The molecule has 1 aliphatic heterocycles. The van der Waals surface area contributed by atoms with Crippen LogP contribution < -0.4 is 10.2 Å². The van der Waals surface area contributed by atoms with E-state index in [1.54, 1.807) is 6.33 Å². The normalized spacial score (nSPS) is 23.7. The molecule has 2 N–H and O–H groups in total. The summed E-state index contributed by atoms with van der Waals surface area (Å²) >= 11 is 0. The average Bonchev–Trinajstić information content (AvgIpc) is 3.22. The Morgan fingerprint density at radius 1 is 1.26 bits per heavy atom. The maximum absolute atomic E-state index is 12.7. The molecule has 0 aromatic carbocycles. The lowest BCUT2D eigenvalue weighted by atomic mass is 10.2. The number of carbonyl (C=O) groups is 1. The van der Waals surface area contributed by atoms with Crippen molar-refractivity contribution >= 4 is 11.7 Å². The molecule has 1 saturated heterocycles. The number of fused-ring (bicyclic) bond motifs is 2. The first-order valence-corrected chi connectivity index (χ1v) is 11.1. The Balaban J connectivity index is 1.12. The van der Waals surface area contributed by atoms with E-state index >= 15 is 0 Å². The lowest BCUT2D eigenvalue weighted by Gasteiger charge is -2.20. The summed E-state index contributed by atoms with van der Waals surface area (Å²) in [4.78, 5) is 24.3. The van der Waals surface area contributed by atoms with Gasteiger partial charge in [-0.15, -0.1) is 0 Å². The number of rotatable bonds is 5. The first kappa shape index (κ1) is 18.6. The summed E-state index contributed by atoms with van der Waals surface area (Å²) in [5, 5.41) is 10.5. The summed E-state index contributed by atoms with van der Waals surface area (Å²) < 4.78 is 1.95. The first-order chi connectivity index (χ1) is 15.0. The summed E-state index contributed by atoms with van der Waals surface area (Å²) in [5.74, 6) is 2.72. The van der Waals surface area contributed by atoms with Crippen molar-refractivity contribution in [1.29, 1.82) is 0 Å². The van der Waals surface area contributed by atoms with E-state index in [2.05, 4.69) is 44.5 Å². The molecule has 0 radical (unpaired) electrons. The van der Waals surface area contributed by atoms with Crippen LogP contribution >= 0.6 is 0 Å². The van der Waals surface area contributed by atoms with Crippen LogP contribution in [0.1, 0.15) is 57.6 Å². The van der Waals surface area contributed by atoms with Crippen LogP contribution in [0.2, 0.25) is 0 Å². The SMILES string of the molecule is Cc1nc(N2CC3CC3C2)ccc1Cn1cnc(C(=O)N[C@@H]2CCc3c2n[nH]c3C)c1. The van der Waals surface area contributed by atoms with E-state index < -0.39 is 0 Å². The van der Waals surface area contributed by atoms with Gasteiger partial charge in [-0.25, -0.2) is 9.97 Å². The first-order valence-electron chi connectivity index (χ1n) is 11.1. The Morgan fingerprint density at radius 2 is 2.10 bits per heavy atom. The van der Waals surface area contributed by atoms with Crippen LogP contribution in [-0.2, 0) is 13.0 Å². The van der Waals surface area contributed by atoms with Gasteiger partial charge in [0.25, 0.3) is 5.91 Å². The number of amides is 1. The maximum Gasteiger partial charge on any atom is 0.272 e. The van der Waals surface area contributed by atoms with Crippen LogP contribution in [-0.4, -0.2) is 43.7 Å². The molecule has 8 heteroatoms. The minimum absolute atomic E-state index is 0.0480. The predicted molar refractivity (Wildman–Crippen MR) is 116 cm³/mol. The van der Waals surface area contributed by atoms with Crippen LogP contribution in [0.3, 0.4) is 0 Å². The summed E-state index contributed by atoms with van der Waals surface area (Å²) in [5.41, 5.74) is 5.89. The fourth-order valence-electron chi connectivity index (χ4n) is 5.14. The molecule has 3 aromatic heterocycles. The second kappa shape index (κ2) is 6.93. The number of aromatic amines is 1. The van der Waals surface area contributed by atoms with Crippen molar-refractivity contribution in [2.45, 2.75) is 45.7 Å². The zero-order valence-corrected chi connectivity index (χ0v) is 17.9. The van der Waals surface area contributed by atoms with Gasteiger partial charge in [0.05, 0.1) is 24.6 Å². The van der Waals surface area contributed by atoms with Crippen LogP contribution in [0.25, 0.3) is 0 Å². The van der Waals surface area contributed by atoms with Crippen molar-refractivity contribution in [2.75, 3.05) is 18.0 Å². The molecular formula is C23H27N7O. The lowest BCUT2D eigenvalue weighted by Crippen LogP contribution is -2.27. The lowest BCUT2D eigenvalue weighted by molar-refractivity contribution is 0.0931. The molecule has 2 fully saturated rings. The Kier molecular flexibility index (Phi) is 4.16. The standard InChI is InChI=1S/C23H27N7O/c1-13-15(3-6-21(25-13)30-9-16-7-17(16)10-30)8-29-11-20(24-12-29)23(31)26-19-5-4-18-14(2)27-28-22(18)19/h3,6,11-12,16-17,19H,4-5,7-10H2,1-2H3,(H,26,31)(H,27,28)/t16?,17?,19-/m1/s1. The van der Waals surface area contributed by atoms with Crippen molar-refractivity contribution in [3.05, 3.63) is 58.6 Å². The van der Waals surface area contributed by atoms with Crippen molar-refractivity contribution < 1.29 is 4.79 Å². The highest BCUT2D eigenvalue weighted by molar-refractivity contribution is 5.92. The topological polar surface area (TPSA) is 91.7 Å². The molecule has 31 heavy (non-hydrogen) atoms. The molecule has 1 amide bonds. The number of pyridine rings is 1. The van der Waals surface area contributed by atoms with Crippen LogP contribution in [0, 0.1) is 25.7 Å². The van der Waals surface area contributed by atoms with E-state index in [1.165, 1.54) is 12.0 Å². The summed E-state index contributed by atoms with van der Waals surface area (Å²) in [6.45, 7) is 7.03. The van der Waals surface area contributed by atoms with Gasteiger partial charge in [0.15, 0.2) is 0 Å². The molecule has 0 bridgehead atoms. The maximum atomic E-state index is 12.7. The Labute approximate surface area is 181 Å². The smallest absolute Gasteiger partial charge is 0.272 e. The number of nitrogens with zero attached hydrogens (tertiary/aromatic N) is 5. The van der Waals surface area contributed by atoms with Crippen LogP contribution in [0.5, 0.6) is 0 Å². The van der Waals surface area contributed by atoms with Gasteiger partial charge < -0.3 is 14.8 Å². The van der Waals surface area contributed by atoms with Crippen molar-refractivity contribution in [2.24, 2.45) is 11.8 Å². The van der Waals surface area contributed by atoms with Crippen molar-refractivity contribution in [3.8, 4) is 0 Å². The van der Waals surface area contributed by atoms with Gasteiger partial charge in [0, 0.05) is 30.7 Å². The molecule has 3 aromatic rings. The molecule has 3 aliphatic rings. The molecular weight excluding hydrogens is 390 g/mol. The van der Waals surface area contributed by atoms with E-state index in [-0.39, 0.29) is 11.9 Å². The minimum atomic E-state index is -0.157. The summed E-state index contributed by atoms with van der Waals surface area (Å²) in [7, 11) is 0. The molecule has 160 valence electrons. The highest BCUT2D eigenvalue weighted by atomic mass is 16.2. The number of hydrogen-bond acceptors (Lipinski definition) is 5. The van der Waals surface area contributed by atoms with Crippen molar-refractivity contribution in [3.63, 3.8) is 0 Å². The highest BCUT2D eigenvalue weighted by Crippen LogP contribution is 2.46. The van der Waals surface area contributed by atoms with Gasteiger partial charge in [-0.3, -0.25) is 9.89 Å². The fraction of sp³-hybridized carbons (Fsp3) is 0.478. The summed E-state index contributed by atoms with van der Waals surface area (Å²) in [6.07, 6.45) is 6.75. The van der Waals surface area contributed by atoms with Gasteiger partial charge in [-0.05, 0) is 62.1 Å². The largest absolute Gasteiger partial charge is 0.356 e. The molecule has 2 aliphatic carbocycles. The van der Waals surface area contributed by atoms with E-state index in [9.17, 15) is 4.79 Å². The molecule has 1 saturated carbocycles. The number of nitrogens with one attached hydrogen (secondary N) is 2. The van der Waals surface area contributed by atoms with Gasteiger partial charge >= 0.3 is 0 Å². The van der Waals surface area contributed by atoms with E-state index in [0.29, 0.717) is 12.2 Å². The molecule has 0 spiro atoms. The number of aromatic nitrogens is 5. The fourth-order valence-corrected chi connectivity index (χ4v) is 5.14. The van der Waals surface area contributed by atoms with E-state index in [1.807, 2.05) is 17.7 Å². The molecule has 6 rings (SSSR count). The molecule has 3 atom stereocenters. The zero-order chi connectivity index (χ0) is 21.1. The molecule has 2 unspecified atom stereocenters. The van der Waals surface area contributed by atoms with Crippen molar-refractivity contribution in [1.82, 2.24) is 30.0 Å². The Hall–Kier alpha value is -3.16. The Bertz CT molecular complexity index is 1150. The monoisotopic (exact) mass is 417 g/mol. The third-order valence-electron chi connectivity index (χ3n) is 7.13. The number of carbonyl (C=O) groups excluding carboxylic acids is 1. The second-order valence-electron chi connectivity index (χ2n) is 9.28. The van der Waals surface area contributed by atoms with Gasteiger partial charge in [0.1, 0.15) is 11.5 Å². The number of anilines is 1. The summed E-state index contributed by atoms with van der Waals surface area (Å²) in [6, 6.07) is 4.23.